The number of amides is 1. The highest BCUT2D eigenvalue weighted by atomic mass is 16.2. The Balaban J connectivity index is 1.50. The van der Waals surface area contributed by atoms with Crippen LogP contribution in [-0.2, 0) is 11.2 Å². The number of pyridine rings is 2. The van der Waals surface area contributed by atoms with E-state index in [0.29, 0.717) is 5.82 Å². The summed E-state index contributed by atoms with van der Waals surface area (Å²) in [6.45, 7) is 2.85. The fourth-order valence-corrected chi connectivity index (χ4v) is 2.97. The summed E-state index contributed by atoms with van der Waals surface area (Å²) in [6.07, 6.45) is 8.38. The summed E-state index contributed by atoms with van der Waals surface area (Å²) < 4.78 is 0. The fraction of sp³-hybridized carbons (Fsp3) is 0.389. The van der Waals surface area contributed by atoms with Crippen LogP contribution < -0.4 is 5.32 Å². The van der Waals surface area contributed by atoms with Gasteiger partial charge in [0.2, 0.25) is 5.91 Å². The van der Waals surface area contributed by atoms with Crippen molar-refractivity contribution in [1.29, 1.82) is 0 Å². The third-order valence-electron chi connectivity index (χ3n) is 4.23. The third-order valence-corrected chi connectivity index (χ3v) is 4.23. The van der Waals surface area contributed by atoms with Gasteiger partial charge in [-0.1, -0.05) is 12.1 Å². The normalized spacial score (nSPS) is 18.5. The van der Waals surface area contributed by atoms with E-state index in [4.69, 9.17) is 0 Å². The van der Waals surface area contributed by atoms with Crippen LogP contribution >= 0.6 is 0 Å². The van der Waals surface area contributed by atoms with Crippen LogP contribution in [0.1, 0.15) is 18.4 Å². The average Bonchev–Trinajstić information content (AvgIpc) is 2.62. The van der Waals surface area contributed by atoms with Crippen molar-refractivity contribution in [1.82, 2.24) is 14.9 Å². The number of hydrogen-bond donors (Lipinski definition) is 1. The Bertz CT molecular complexity index is 617. The Hall–Kier alpha value is -2.27. The second-order valence-electron chi connectivity index (χ2n) is 5.96. The van der Waals surface area contributed by atoms with Crippen molar-refractivity contribution in [3.63, 3.8) is 0 Å². The summed E-state index contributed by atoms with van der Waals surface area (Å²) in [5.74, 6) is 0.749. The van der Waals surface area contributed by atoms with Crippen molar-refractivity contribution in [2.75, 3.05) is 25.0 Å². The molecule has 1 aliphatic heterocycles. The summed E-state index contributed by atoms with van der Waals surface area (Å²) in [4.78, 5) is 23.1. The van der Waals surface area contributed by atoms with Crippen LogP contribution in [0.25, 0.3) is 0 Å². The first-order valence-electron chi connectivity index (χ1n) is 8.14. The Morgan fingerprint density at radius 2 is 2.22 bits per heavy atom. The zero-order valence-corrected chi connectivity index (χ0v) is 13.2. The molecule has 0 spiro atoms. The van der Waals surface area contributed by atoms with Crippen LogP contribution in [0.3, 0.4) is 0 Å². The van der Waals surface area contributed by atoms with Gasteiger partial charge in [-0.25, -0.2) is 4.98 Å². The molecular formula is C18H22N4O. The number of piperidine rings is 1. The lowest BCUT2D eigenvalue weighted by Crippen LogP contribution is -2.41. The number of likely N-dealkylation sites (tertiary alicyclic amines) is 1. The van der Waals surface area contributed by atoms with Crippen molar-refractivity contribution in [2.45, 2.75) is 19.3 Å². The SMILES string of the molecule is O=C(Nc1ccccn1)C1CCCN(CCc2cccnc2)C1. The minimum atomic E-state index is 0.0413. The van der Waals surface area contributed by atoms with Gasteiger partial charge in [0.1, 0.15) is 5.82 Å². The van der Waals surface area contributed by atoms with Crippen molar-refractivity contribution >= 4 is 11.7 Å². The molecule has 1 saturated heterocycles. The molecule has 1 amide bonds. The van der Waals surface area contributed by atoms with Crippen LogP contribution in [0.5, 0.6) is 0 Å². The molecule has 1 atom stereocenters. The molecular weight excluding hydrogens is 288 g/mol. The summed E-state index contributed by atoms with van der Waals surface area (Å²) in [5, 5.41) is 2.92. The van der Waals surface area contributed by atoms with Gasteiger partial charge in [0.25, 0.3) is 0 Å². The van der Waals surface area contributed by atoms with Crippen molar-refractivity contribution in [2.24, 2.45) is 5.92 Å². The molecule has 0 bridgehead atoms. The molecule has 0 radical (unpaired) electrons. The number of aromatic nitrogens is 2. The van der Waals surface area contributed by atoms with Gasteiger partial charge >= 0.3 is 0 Å². The topological polar surface area (TPSA) is 58.1 Å². The molecule has 1 aliphatic rings. The number of carbonyl (C=O) groups is 1. The van der Waals surface area contributed by atoms with E-state index in [2.05, 4.69) is 26.3 Å². The smallest absolute Gasteiger partial charge is 0.229 e. The molecule has 1 N–H and O–H groups in total. The van der Waals surface area contributed by atoms with E-state index >= 15 is 0 Å². The molecule has 5 heteroatoms. The maximum absolute atomic E-state index is 12.4. The summed E-state index contributed by atoms with van der Waals surface area (Å²) in [6, 6.07) is 9.61. The van der Waals surface area contributed by atoms with E-state index in [1.54, 1.807) is 12.4 Å². The highest BCUT2D eigenvalue weighted by Crippen LogP contribution is 2.18. The highest BCUT2D eigenvalue weighted by molar-refractivity contribution is 5.91. The van der Waals surface area contributed by atoms with Crippen LogP contribution in [0, 0.1) is 5.92 Å². The van der Waals surface area contributed by atoms with Crippen LogP contribution in [0.4, 0.5) is 5.82 Å². The van der Waals surface area contributed by atoms with Gasteiger partial charge in [-0.2, -0.15) is 0 Å². The molecule has 5 nitrogen and oxygen atoms in total. The molecule has 0 saturated carbocycles. The quantitative estimate of drug-likeness (QED) is 0.921. The Kier molecular flexibility index (Phi) is 5.32. The second kappa shape index (κ2) is 7.83. The lowest BCUT2D eigenvalue weighted by molar-refractivity contribution is -0.121. The van der Waals surface area contributed by atoms with Crippen LogP contribution in [0.2, 0.25) is 0 Å². The number of hydrogen-bond acceptors (Lipinski definition) is 4. The molecule has 120 valence electrons. The molecule has 0 aromatic carbocycles. The van der Waals surface area contributed by atoms with Gasteiger partial charge in [0, 0.05) is 31.7 Å². The average molecular weight is 310 g/mol. The Morgan fingerprint density at radius 1 is 1.26 bits per heavy atom. The number of nitrogens with zero attached hydrogens (tertiary/aromatic N) is 3. The van der Waals surface area contributed by atoms with E-state index < -0.39 is 0 Å². The fourth-order valence-electron chi connectivity index (χ4n) is 2.97. The largest absolute Gasteiger partial charge is 0.310 e. The van der Waals surface area contributed by atoms with Crippen molar-refractivity contribution in [3.05, 3.63) is 54.5 Å². The van der Waals surface area contributed by atoms with Crippen LogP contribution in [0.15, 0.2) is 48.9 Å². The van der Waals surface area contributed by atoms with Gasteiger partial charge in [-0.05, 0) is 49.6 Å². The van der Waals surface area contributed by atoms with E-state index in [0.717, 1.165) is 38.9 Å². The predicted molar refractivity (Wildman–Crippen MR) is 90.0 cm³/mol. The lowest BCUT2D eigenvalue weighted by atomic mass is 9.96. The maximum atomic E-state index is 12.4. The Labute approximate surface area is 136 Å². The first kappa shape index (κ1) is 15.6. The molecule has 3 rings (SSSR count). The maximum Gasteiger partial charge on any atom is 0.229 e. The first-order chi connectivity index (χ1) is 11.3. The molecule has 2 aromatic heterocycles. The number of anilines is 1. The van der Waals surface area contributed by atoms with Gasteiger partial charge in [-0.15, -0.1) is 0 Å². The predicted octanol–water partition coefficient (Wildman–Crippen LogP) is 2.37. The lowest BCUT2D eigenvalue weighted by Gasteiger charge is -2.31. The second-order valence-corrected chi connectivity index (χ2v) is 5.96. The van der Waals surface area contributed by atoms with Crippen LogP contribution in [-0.4, -0.2) is 40.4 Å². The van der Waals surface area contributed by atoms with Gasteiger partial charge in [0.15, 0.2) is 0 Å². The minimum Gasteiger partial charge on any atom is -0.310 e. The van der Waals surface area contributed by atoms with E-state index in [1.165, 1.54) is 5.56 Å². The third kappa shape index (κ3) is 4.60. The molecule has 0 aliphatic carbocycles. The zero-order valence-electron chi connectivity index (χ0n) is 13.2. The summed E-state index contributed by atoms with van der Waals surface area (Å²) in [5.41, 5.74) is 1.24. The summed E-state index contributed by atoms with van der Waals surface area (Å²) in [7, 11) is 0. The van der Waals surface area contributed by atoms with Gasteiger partial charge in [0.05, 0.1) is 5.92 Å². The van der Waals surface area contributed by atoms with E-state index in [1.807, 2.05) is 30.5 Å². The molecule has 1 fully saturated rings. The molecule has 1 unspecified atom stereocenters. The van der Waals surface area contributed by atoms with Gasteiger partial charge in [-0.3, -0.25) is 9.78 Å². The van der Waals surface area contributed by atoms with E-state index in [-0.39, 0.29) is 11.8 Å². The number of carbonyl (C=O) groups excluding carboxylic acids is 1. The van der Waals surface area contributed by atoms with Gasteiger partial charge < -0.3 is 10.2 Å². The highest BCUT2D eigenvalue weighted by Gasteiger charge is 2.25. The standard InChI is InChI=1S/C18H22N4O/c23-18(21-17-7-1-2-10-20-17)16-6-4-11-22(14-16)12-8-15-5-3-9-19-13-15/h1-3,5,7,9-10,13,16H,4,6,8,11-12,14H2,(H,20,21,23). The molecule has 23 heavy (non-hydrogen) atoms. The molecule has 3 heterocycles. The first-order valence-corrected chi connectivity index (χ1v) is 8.14. The monoisotopic (exact) mass is 310 g/mol. The van der Waals surface area contributed by atoms with Crippen molar-refractivity contribution < 1.29 is 4.79 Å². The zero-order chi connectivity index (χ0) is 15.9. The Morgan fingerprint density at radius 3 is 3.00 bits per heavy atom. The molecule has 2 aromatic rings. The number of nitrogens with one attached hydrogen (secondary N) is 1. The van der Waals surface area contributed by atoms with E-state index in [9.17, 15) is 4.79 Å². The minimum absolute atomic E-state index is 0.0413. The summed E-state index contributed by atoms with van der Waals surface area (Å²) >= 11 is 0. The van der Waals surface area contributed by atoms with Crippen molar-refractivity contribution in [3.8, 4) is 0 Å². The number of rotatable bonds is 5.